The van der Waals surface area contributed by atoms with Gasteiger partial charge in [0, 0.05) is 18.0 Å². The number of nitrogens with zero attached hydrogens (tertiary/aromatic N) is 1. The normalized spacial score (nSPS) is 24.8. The highest BCUT2D eigenvalue weighted by atomic mass is 16.5. The summed E-state index contributed by atoms with van der Waals surface area (Å²) in [5.41, 5.74) is 0.913. The lowest BCUT2D eigenvalue weighted by molar-refractivity contribution is 0.0369. The zero-order valence-electron chi connectivity index (χ0n) is 9.18. The highest BCUT2D eigenvalue weighted by molar-refractivity contribution is 5.37. The Morgan fingerprint density at radius 1 is 1.40 bits per heavy atom. The van der Waals surface area contributed by atoms with E-state index >= 15 is 0 Å². The van der Waals surface area contributed by atoms with E-state index in [1.54, 1.807) is 0 Å². The summed E-state index contributed by atoms with van der Waals surface area (Å²) in [6.45, 7) is 1.44. The molecule has 0 bridgehead atoms. The molecule has 3 heteroatoms. The number of aliphatic hydroxyl groups is 1. The van der Waals surface area contributed by atoms with E-state index < -0.39 is 6.10 Å². The Balaban J connectivity index is 2.18. The standard InChI is InChI=1S/C12H17NO2/c1-13(2)7-9-8-15-11-6-4-3-5-10(11)12(9)14/h3-6,9,12,14H,7-8H2,1-2H3/t9-,12-/m1/s1. The number of ether oxygens (including phenoxy) is 1. The van der Waals surface area contributed by atoms with Crippen LogP contribution in [0.5, 0.6) is 5.75 Å². The van der Waals surface area contributed by atoms with Gasteiger partial charge < -0.3 is 14.7 Å². The van der Waals surface area contributed by atoms with E-state index in [9.17, 15) is 5.11 Å². The fourth-order valence-electron chi connectivity index (χ4n) is 2.02. The third-order valence-corrected chi connectivity index (χ3v) is 2.74. The SMILES string of the molecule is CN(C)C[C@@H]1COc2ccccc2[C@@H]1O. The van der Waals surface area contributed by atoms with Gasteiger partial charge in [-0.2, -0.15) is 0 Å². The lowest BCUT2D eigenvalue weighted by Crippen LogP contribution is -2.34. The van der Waals surface area contributed by atoms with Gasteiger partial charge in [0.05, 0.1) is 12.7 Å². The summed E-state index contributed by atoms with van der Waals surface area (Å²) in [6.07, 6.45) is -0.405. The van der Waals surface area contributed by atoms with E-state index in [4.69, 9.17) is 4.74 Å². The molecule has 1 N–H and O–H groups in total. The summed E-state index contributed by atoms with van der Waals surface area (Å²) in [5, 5.41) is 10.2. The summed E-state index contributed by atoms with van der Waals surface area (Å²) >= 11 is 0. The Hall–Kier alpha value is -1.06. The van der Waals surface area contributed by atoms with Crippen molar-refractivity contribution < 1.29 is 9.84 Å². The number of aliphatic hydroxyl groups excluding tert-OH is 1. The van der Waals surface area contributed by atoms with Crippen molar-refractivity contribution in [3.8, 4) is 5.75 Å². The molecule has 0 unspecified atom stereocenters. The molecule has 0 amide bonds. The fourth-order valence-corrected chi connectivity index (χ4v) is 2.02. The molecule has 1 aromatic carbocycles. The highest BCUT2D eigenvalue weighted by Gasteiger charge is 2.29. The zero-order chi connectivity index (χ0) is 10.8. The Morgan fingerprint density at radius 2 is 2.13 bits per heavy atom. The van der Waals surface area contributed by atoms with Gasteiger partial charge >= 0.3 is 0 Å². The monoisotopic (exact) mass is 207 g/mol. The molecular weight excluding hydrogens is 190 g/mol. The molecular formula is C12H17NO2. The Labute approximate surface area is 90.3 Å². The molecule has 2 rings (SSSR count). The molecule has 1 aromatic rings. The minimum absolute atomic E-state index is 0.162. The lowest BCUT2D eigenvalue weighted by atomic mass is 9.93. The molecule has 1 heterocycles. The summed E-state index contributed by atoms with van der Waals surface area (Å²) in [4.78, 5) is 2.07. The van der Waals surface area contributed by atoms with Crippen molar-refractivity contribution in [2.24, 2.45) is 5.92 Å². The van der Waals surface area contributed by atoms with Crippen LogP contribution < -0.4 is 4.74 Å². The molecule has 0 saturated carbocycles. The van der Waals surface area contributed by atoms with Crippen molar-refractivity contribution >= 4 is 0 Å². The van der Waals surface area contributed by atoms with Gasteiger partial charge in [-0.25, -0.2) is 0 Å². The van der Waals surface area contributed by atoms with Gasteiger partial charge in [0.1, 0.15) is 5.75 Å². The molecule has 15 heavy (non-hydrogen) atoms. The summed E-state index contributed by atoms with van der Waals surface area (Å²) < 4.78 is 5.62. The second-order valence-electron chi connectivity index (χ2n) is 4.32. The smallest absolute Gasteiger partial charge is 0.125 e. The van der Waals surface area contributed by atoms with Gasteiger partial charge in [0.2, 0.25) is 0 Å². The number of para-hydroxylation sites is 1. The van der Waals surface area contributed by atoms with E-state index in [-0.39, 0.29) is 5.92 Å². The van der Waals surface area contributed by atoms with Gasteiger partial charge in [-0.05, 0) is 20.2 Å². The number of hydrogen-bond acceptors (Lipinski definition) is 3. The van der Waals surface area contributed by atoms with Crippen LogP contribution in [0, 0.1) is 5.92 Å². The molecule has 0 aromatic heterocycles. The molecule has 1 aliphatic heterocycles. The maximum absolute atomic E-state index is 10.2. The van der Waals surface area contributed by atoms with Gasteiger partial charge in [-0.15, -0.1) is 0 Å². The molecule has 1 aliphatic rings. The molecule has 0 fully saturated rings. The number of fused-ring (bicyclic) bond motifs is 1. The molecule has 0 saturated heterocycles. The third-order valence-electron chi connectivity index (χ3n) is 2.74. The largest absolute Gasteiger partial charge is 0.493 e. The molecule has 82 valence electrons. The first-order chi connectivity index (χ1) is 7.18. The Morgan fingerprint density at radius 3 is 2.87 bits per heavy atom. The first kappa shape index (κ1) is 10.5. The minimum Gasteiger partial charge on any atom is -0.493 e. The van der Waals surface area contributed by atoms with Crippen molar-refractivity contribution in [3.63, 3.8) is 0 Å². The second kappa shape index (κ2) is 4.21. The van der Waals surface area contributed by atoms with E-state index in [1.165, 1.54) is 0 Å². The van der Waals surface area contributed by atoms with Crippen LogP contribution in [0.2, 0.25) is 0 Å². The first-order valence-corrected chi connectivity index (χ1v) is 5.23. The van der Waals surface area contributed by atoms with Crippen molar-refractivity contribution in [1.29, 1.82) is 0 Å². The predicted octanol–water partition coefficient (Wildman–Crippen LogP) is 1.29. The van der Waals surface area contributed by atoms with Gasteiger partial charge in [-0.3, -0.25) is 0 Å². The fraction of sp³-hybridized carbons (Fsp3) is 0.500. The molecule has 2 atom stereocenters. The second-order valence-corrected chi connectivity index (χ2v) is 4.32. The van der Waals surface area contributed by atoms with Crippen LogP contribution in [-0.4, -0.2) is 37.3 Å². The van der Waals surface area contributed by atoms with E-state index in [0.717, 1.165) is 17.9 Å². The quantitative estimate of drug-likeness (QED) is 0.793. The maximum atomic E-state index is 10.2. The van der Waals surface area contributed by atoms with Crippen molar-refractivity contribution in [1.82, 2.24) is 4.90 Å². The number of hydrogen-bond donors (Lipinski definition) is 1. The van der Waals surface area contributed by atoms with Crippen LogP contribution in [0.25, 0.3) is 0 Å². The number of benzene rings is 1. The summed E-state index contributed by atoms with van der Waals surface area (Å²) in [6, 6.07) is 7.70. The zero-order valence-corrected chi connectivity index (χ0v) is 9.18. The predicted molar refractivity (Wildman–Crippen MR) is 58.9 cm³/mol. The van der Waals surface area contributed by atoms with Crippen LogP contribution >= 0.6 is 0 Å². The van der Waals surface area contributed by atoms with Crippen molar-refractivity contribution in [2.45, 2.75) is 6.10 Å². The molecule has 0 aliphatic carbocycles. The van der Waals surface area contributed by atoms with Crippen molar-refractivity contribution in [3.05, 3.63) is 29.8 Å². The maximum Gasteiger partial charge on any atom is 0.125 e. The minimum atomic E-state index is -0.405. The third kappa shape index (κ3) is 2.13. The first-order valence-electron chi connectivity index (χ1n) is 5.23. The van der Waals surface area contributed by atoms with Crippen LogP contribution in [0.3, 0.4) is 0 Å². The van der Waals surface area contributed by atoms with E-state index in [0.29, 0.717) is 6.61 Å². The molecule has 0 spiro atoms. The van der Waals surface area contributed by atoms with Gasteiger partial charge in [0.25, 0.3) is 0 Å². The Bertz CT molecular complexity index is 338. The van der Waals surface area contributed by atoms with Crippen LogP contribution in [-0.2, 0) is 0 Å². The van der Waals surface area contributed by atoms with Crippen LogP contribution in [0.15, 0.2) is 24.3 Å². The Kier molecular flexibility index (Phi) is 2.93. The number of rotatable bonds is 2. The van der Waals surface area contributed by atoms with E-state index in [2.05, 4.69) is 4.90 Å². The average Bonchev–Trinajstić information content (AvgIpc) is 2.22. The van der Waals surface area contributed by atoms with E-state index in [1.807, 2.05) is 38.4 Å². The van der Waals surface area contributed by atoms with Gasteiger partial charge in [0.15, 0.2) is 0 Å². The van der Waals surface area contributed by atoms with Crippen molar-refractivity contribution in [2.75, 3.05) is 27.2 Å². The molecule has 3 nitrogen and oxygen atoms in total. The molecule has 0 radical (unpaired) electrons. The lowest BCUT2D eigenvalue weighted by Gasteiger charge is -2.31. The van der Waals surface area contributed by atoms with Gasteiger partial charge in [-0.1, -0.05) is 18.2 Å². The highest BCUT2D eigenvalue weighted by Crippen LogP contribution is 2.34. The summed E-state index contributed by atoms with van der Waals surface area (Å²) in [5.74, 6) is 0.981. The topological polar surface area (TPSA) is 32.7 Å². The van der Waals surface area contributed by atoms with Crippen LogP contribution in [0.4, 0.5) is 0 Å². The van der Waals surface area contributed by atoms with Crippen LogP contribution in [0.1, 0.15) is 11.7 Å². The summed E-state index contributed by atoms with van der Waals surface area (Å²) in [7, 11) is 4.01. The average molecular weight is 207 g/mol.